The molecule has 1 aliphatic rings. The van der Waals surface area contributed by atoms with Crippen molar-refractivity contribution in [2.24, 2.45) is 5.73 Å². The van der Waals surface area contributed by atoms with Crippen molar-refractivity contribution in [3.05, 3.63) is 29.8 Å². The lowest BCUT2D eigenvalue weighted by molar-refractivity contribution is -0.134. The SMILES string of the molecule is COc1ccccc1CC(=O)N1CCCCC1CNC(=O)CCN. The van der Waals surface area contributed by atoms with Crippen molar-refractivity contribution >= 4 is 11.8 Å². The van der Waals surface area contributed by atoms with Crippen LogP contribution in [0.3, 0.4) is 0 Å². The van der Waals surface area contributed by atoms with Gasteiger partial charge in [-0.15, -0.1) is 0 Å². The Labute approximate surface area is 143 Å². The van der Waals surface area contributed by atoms with Crippen molar-refractivity contribution in [3.8, 4) is 5.75 Å². The highest BCUT2D eigenvalue weighted by Crippen LogP contribution is 2.22. The van der Waals surface area contributed by atoms with Crippen molar-refractivity contribution in [2.45, 2.75) is 38.1 Å². The number of carbonyl (C=O) groups is 2. The molecule has 6 heteroatoms. The molecule has 0 radical (unpaired) electrons. The predicted molar refractivity (Wildman–Crippen MR) is 92.7 cm³/mol. The molecule has 1 saturated heterocycles. The number of ether oxygens (including phenoxy) is 1. The van der Waals surface area contributed by atoms with E-state index in [-0.39, 0.29) is 17.9 Å². The van der Waals surface area contributed by atoms with Gasteiger partial charge in [0.25, 0.3) is 0 Å². The van der Waals surface area contributed by atoms with Crippen LogP contribution in [0.4, 0.5) is 0 Å². The number of likely N-dealkylation sites (tertiary alicyclic amines) is 1. The maximum Gasteiger partial charge on any atom is 0.227 e. The van der Waals surface area contributed by atoms with Crippen LogP contribution >= 0.6 is 0 Å². The molecule has 0 aliphatic carbocycles. The van der Waals surface area contributed by atoms with Crippen molar-refractivity contribution in [2.75, 3.05) is 26.7 Å². The Bertz CT molecular complexity index is 562. The third-order valence-electron chi connectivity index (χ3n) is 4.39. The zero-order chi connectivity index (χ0) is 17.4. The fraction of sp³-hybridized carbons (Fsp3) is 0.556. The van der Waals surface area contributed by atoms with Crippen LogP contribution in [0.2, 0.25) is 0 Å². The van der Waals surface area contributed by atoms with Gasteiger partial charge in [-0.25, -0.2) is 0 Å². The molecule has 2 rings (SSSR count). The molecule has 0 bridgehead atoms. The third-order valence-corrected chi connectivity index (χ3v) is 4.39. The summed E-state index contributed by atoms with van der Waals surface area (Å²) in [6.45, 7) is 1.58. The number of carbonyl (C=O) groups excluding carboxylic acids is 2. The second-order valence-electron chi connectivity index (χ2n) is 6.07. The summed E-state index contributed by atoms with van der Waals surface area (Å²) in [5, 5.41) is 2.89. The molecule has 0 aromatic heterocycles. The van der Waals surface area contributed by atoms with Crippen LogP contribution < -0.4 is 15.8 Å². The lowest BCUT2D eigenvalue weighted by atomic mass is 10.0. The van der Waals surface area contributed by atoms with Crippen LogP contribution in [0.1, 0.15) is 31.2 Å². The van der Waals surface area contributed by atoms with Gasteiger partial charge in [0, 0.05) is 37.7 Å². The Balaban J connectivity index is 1.98. The van der Waals surface area contributed by atoms with Gasteiger partial charge >= 0.3 is 0 Å². The number of hydrogen-bond acceptors (Lipinski definition) is 4. The number of methoxy groups -OCH3 is 1. The number of para-hydroxylation sites is 1. The van der Waals surface area contributed by atoms with E-state index < -0.39 is 0 Å². The van der Waals surface area contributed by atoms with E-state index in [0.29, 0.717) is 25.9 Å². The predicted octanol–water partition coefficient (Wildman–Crippen LogP) is 1.08. The van der Waals surface area contributed by atoms with E-state index in [1.54, 1.807) is 7.11 Å². The zero-order valence-electron chi connectivity index (χ0n) is 14.3. The zero-order valence-corrected chi connectivity index (χ0v) is 14.3. The van der Waals surface area contributed by atoms with Gasteiger partial charge in [-0.3, -0.25) is 9.59 Å². The Morgan fingerprint density at radius 1 is 1.33 bits per heavy atom. The maximum atomic E-state index is 12.8. The smallest absolute Gasteiger partial charge is 0.227 e. The summed E-state index contributed by atoms with van der Waals surface area (Å²) >= 11 is 0. The summed E-state index contributed by atoms with van der Waals surface area (Å²) in [5.74, 6) is 0.758. The Morgan fingerprint density at radius 3 is 2.88 bits per heavy atom. The number of rotatable bonds is 7. The molecule has 3 N–H and O–H groups in total. The molecule has 1 aliphatic heterocycles. The van der Waals surface area contributed by atoms with Crippen LogP contribution in [-0.2, 0) is 16.0 Å². The molecule has 1 aromatic rings. The lowest BCUT2D eigenvalue weighted by Gasteiger charge is -2.36. The minimum absolute atomic E-state index is 0.0554. The second kappa shape index (κ2) is 9.27. The molecular weight excluding hydrogens is 306 g/mol. The molecule has 1 fully saturated rings. The van der Waals surface area contributed by atoms with Gasteiger partial charge < -0.3 is 20.7 Å². The Kier molecular flexibility index (Phi) is 7.06. The highest BCUT2D eigenvalue weighted by molar-refractivity contribution is 5.80. The molecule has 1 heterocycles. The topological polar surface area (TPSA) is 84.7 Å². The van der Waals surface area contributed by atoms with E-state index in [2.05, 4.69) is 5.32 Å². The summed E-state index contributed by atoms with van der Waals surface area (Å²) in [7, 11) is 1.61. The van der Waals surface area contributed by atoms with Crippen molar-refractivity contribution in [1.82, 2.24) is 10.2 Å². The maximum absolute atomic E-state index is 12.8. The first-order chi connectivity index (χ1) is 11.7. The first-order valence-electron chi connectivity index (χ1n) is 8.53. The molecule has 2 amide bonds. The second-order valence-corrected chi connectivity index (χ2v) is 6.07. The van der Waals surface area contributed by atoms with Gasteiger partial charge in [0.15, 0.2) is 0 Å². The first-order valence-corrected chi connectivity index (χ1v) is 8.53. The molecular formula is C18H27N3O3. The molecule has 24 heavy (non-hydrogen) atoms. The normalized spacial score (nSPS) is 17.4. The van der Waals surface area contributed by atoms with E-state index in [9.17, 15) is 9.59 Å². The summed E-state index contributed by atoms with van der Waals surface area (Å²) in [4.78, 5) is 26.3. The Morgan fingerprint density at radius 2 is 2.12 bits per heavy atom. The lowest BCUT2D eigenvalue weighted by Crippen LogP contribution is -2.50. The highest BCUT2D eigenvalue weighted by atomic mass is 16.5. The minimum Gasteiger partial charge on any atom is -0.496 e. The number of piperidine rings is 1. The van der Waals surface area contributed by atoms with Crippen molar-refractivity contribution in [1.29, 1.82) is 0 Å². The minimum atomic E-state index is -0.0554. The molecule has 0 spiro atoms. The van der Waals surface area contributed by atoms with Gasteiger partial charge in [-0.1, -0.05) is 18.2 Å². The van der Waals surface area contributed by atoms with Crippen molar-refractivity contribution in [3.63, 3.8) is 0 Å². The molecule has 132 valence electrons. The summed E-state index contributed by atoms with van der Waals surface area (Å²) < 4.78 is 5.33. The van der Waals surface area contributed by atoms with E-state index in [0.717, 1.165) is 37.1 Å². The number of benzene rings is 1. The van der Waals surface area contributed by atoms with Gasteiger partial charge in [0.05, 0.1) is 13.5 Å². The van der Waals surface area contributed by atoms with E-state index >= 15 is 0 Å². The number of amides is 2. The van der Waals surface area contributed by atoms with E-state index in [1.165, 1.54) is 0 Å². The number of nitrogens with one attached hydrogen (secondary N) is 1. The molecule has 1 aromatic carbocycles. The monoisotopic (exact) mass is 333 g/mol. The van der Waals surface area contributed by atoms with E-state index in [4.69, 9.17) is 10.5 Å². The van der Waals surface area contributed by atoms with Crippen LogP contribution in [0, 0.1) is 0 Å². The van der Waals surface area contributed by atoms with Crippen molar-refractivity contribution < 1.29 is 14.3 Å². The Hall–Kier alpha value is -2.08. The number of nitrogens with zero attached hydrogens (tertiary/aromatic N) is 1. The quantitative estimate of drug-likeness (QED) is 0.782. The van der Waals surface area contributed by atoms with Crippen LogP contribution in [0.25, 0.3) is 0 Å². The fourth-order valence-electron chi connectivity index (χ4n) is 3.11. The van der Waals surface area contributed by atoms with Gasteiger partial charge in [-0.05, 0) is 25.3 Å². The standard InChI is InChI=1S/C18H27N3O3/c1-24-16-8-3-2-6-14(16)12-18(23)21-11-5-4-7-15(21)13-20-17(22)9-10-19/h2-3,6,8,15H,4-5,7,9-13,19H2,1H3,(H,20,22). The largest absolute Gasteiger partial charge is 0.496 e. The van der Waals surface area contributed by atoms with Gasteiger partial charge in [0.2, 0.25) is 11.8 Å². The van der Waals surface area contributed by atoms with E-state index in [1.807, 2.05) is 29.2 Å². The average Bonchev–Trinajstić information content (AvgIpc) is 2.61. The van der Waals surface area contributed by atoms with Gasteiger partial charge in [-0.2, -0.15) is 0 Å². The fourth-order valence-corrected chi connectivity index (χ4v) is 3.11. The summed E-state index contributed by atoms with van der Waals surface area (Å²) in [6.07, 6.45) is 3.64. The molecule has 1 unspecified atom stereocenters. The third kappa shape index (κ3) is 4.96. The highest BCUT2D eigenvalue weighted by Gasteiger charge is 2.27. The molecule has 6 nitrogen and oxygen atoms in total. The molecule has 1 atom stereocenters. The van der Waals surface area contributed by atoms with Crippen LogP contribution in [0.15, 0.2) is 24.3 Å². The number of nitrogens with two attached hydrogens (primary N) is 1. The van der Waals surface area contributed by atoms with Crippen LogP contribution in [-0.4, -0.2) is 49.5 Å². The summed E-state index contributed by atoms with van der Waals surface area (Å²) in [6, 6.07) is 7.64. The summed E-state index contributed by atoms with van der Waals surface area (Å²) in [5.41, 5.74) is 6.28. The molecule has 0 saturated carbocycles. The van der Waals surface area contributed by atoms with Crippen LogP contribution in [0.5, 0.6) is 5.75 Å². The number of hydrogen-bond donors (Lipinski definition) is 2. The van der Waals surface area contributed by atoms with Gasteiger partial charge in [0.1, 0.15) is 5.75 Å². The first kappa shape index (κ1) is 18.3. The average molecular weight is 333 g/mol.